The van der Waals surface area contributed by atoms with Gasteiger partial charge in [-0.25, -0.2) is 4.39 Å². The van der Waals surface area contributed by atoms with Crippen LogP contribution in [-0.4, -0.2) is 30.6 Å². The van der Waals surface area contributed by atoms with Crippen LogP contribution < -0.4 is 0 Å². The predicted molar refractivity (Wildman–Crippen MR) is 128 cm³/mol. The highest BCUT2D eigenvalue weighted by Crippen LogP contribution is 2.38. The molecule has 4 rings (SSSR count). The molecule has 0 spiro atoms. The molecule has 1 aliphatic carbocycles. The van der Waals surface area contributed by atoms with Gasteiger partial charge < -0.3 is 14.5 Å². The Morgan fingerprint density at radius 3 is 2.70 bits per heavy atom. The number of allylic oxidation sites excluding steroid dienone is 3. The molecule has 2 unspecified atom stereocenters. The van der Waals surface area contributed by atoms with Gasteiger partial charge in [0, 0.05) is 23.6 Å². The summed E-state index contributed by atoms with van der Waals surface area (Å²) >= 11 is 6.28. The van der Waals surface area contributed by atoms with Crippen molar-refractivity contribution in [2.24, 2.45) is 0 Å². The van der Waals surface area contributed by atoms with Crippen molar-refractivity contribution in [2.75, 3.05) is 19.6 Å². The second kappa shape index (κ2) is 11.1. The van der Waals surface area contributed by atoms with Crippen LogP contribution in [0.3, 0.4) is 0 Å². The van der Waals surface area contributed by atoms with Crippen LogP contribution in [0.5, 0.6) is 0 Å². The summed E-state index contributed by atoms with van der Waals surface area (Å²) in [4.78, 5) is 13.5. The molecule has 0 radical (unpaired) electrons. The SMILES string of the molecule is CCN(CC)CC1C=C2CC(C(OCc3cccc(F)c3)c3cccc(Cl)c3)=CC=C2OO1. The Kier molecular flexibility index (Phi) is 7.99. The lowest BCUT2D eigenvalue weighted by molar-refractivity contribution is -0.289. The van der Waals surface area contributed by atoms with Gasteiger partial charge in [-0.2, -0.15) is 4.89 Å². The van der Waals surface area contributed by atoms with E-state index in [4.69, 9.17) is 26.1 Å². The van der Waals surface area contributed by atoms with E-state index >= 15 is 0 Å². The van der Waals surface area contributed by atoms with Crippen LogP contribution in [0.15, 0.2) is 83.7 Å². The Morgan fingerprint density at radius 2 is 1.94 bits per heavy atom. The van der Waals surface area contributed by atoms with Crippen molar-refractivity contribution >= 4 is 11.6 Å². The van der Waals surface area contributed by atoms with E-state index in [0.717, 1.165) is 47.7 Å². The summed E-state index contributed by atoms with van der Waals surface area (Å²) in [5.41, 5.74) is 3.89. The molecule has 1 heterocycles. The van der Waals surface area contributed by atoms with Crippen LogP contribution in [0.1, 0.15) is 37.5 Å². The summed E-state index contributed by atoms with van der Waals surface area (Å²) in [5, 5.41) is 0.646. The molecule has 0 N–H and O–H groups in total. The Balaban J connectivity index is 1.57. The Bertz CT molecular complexity index is 1060. The molecule has 1 aliphatic heterocycles. The zero-order chi connectivity index (χ0) is 23.2. The molecule has 4 nitrogen and oxygen atoms in total. The van der Waals surface area contributed by atoms with Crippen molar-refractivity contribution < 1.29 is 18.9 Å². The fourth-order valence-corrected chi connectivity index (χ4v) is 4.34. The normalized spacial score (nSPS) is 18.7. The third-order valence-electron chi connectivity index (χ3n) is 5.93. The van der Waals surface area contributed by atoms with Crippen molar-refractivity contribution in [1.82, 2.24) is 4.90 Å². The fraction of sp³-hybridized carbons (Fsp3) is 0.333. The highest BCUT2D eigenvalue weighted by Gasteiger charge is 2.28. The van der Waals surface area contributed by atoms with Crippen LogP contribution in [-0.2, 0) is 21.1 Å². The first-order valence-electron chi connectivity index (χ1n) is 11.3. The summed E-state index contributed by atoms with van der Waals surface area (Å²) in [6, 6.07) is 14.1. The number of nitrogens with zero attached hydrogens (tertiary/aromatic N) is 1. The van der Waals surface area contributed by atoms with Gasteiger partial charge in [-0.05, 0) is 66.2 Å². The lowest BCUT2D eigenvalue weighted by Crippen LogP contribution is -2.34. The smallest absolute Gasteiger partial charge is 0.168 e. The van der Waals surface area contributed by atoms with Gasteiger partial charge in [-0.1, -0.05) is 55.8 Å². The molecule has 0 bridgehead atoms. The van der Waals surface area contributed by atoms with Crippen LogP contribution in [0.2, 0.25) is 5.02 Å². The van der Waals surface area contributed by atoms with E-state index in [9.17, 15) is 4.39 Å². The van der Waals surface area contributed by atoms with Gasteiger partial charge in [0.1, 0.15) is 18.0 Å². The maximum absolute atomic E-state index is 13.7. The Morgan fingerprint density at radius 1 is 1.12 bits per heavy atom. The first-order valence-corrected chi connectivity index (χ1v) is 11.7. The topological polar surface area (TPSA) is 30.9 Å². The number of hydrogen-bond donors (Lipinski definition) is 0. The molecular weight excluding hydrogens is 441 g/mol. The van der Waals surface area contributed by atoms with E-state index in [1.807, 2.05) is 42.5 Å². The standard InChI is InChI=1S/C27H29ClFNO3/c1-3-30(4-2)17-25-16-22-14-21(11-12-26(22)33-32-25)27(20-8-6-9-23(28)15-20)31-18-19-7-5-10-24(29)13-19/h5-13,15-16,25,27H,3-4,14,17-18H2,1-2H3. The Hall–Kier alpha value is -2.44. The highest BCUT2D eigenvalue weighted by atomic mass is 35.5. The van der Waals surface area contributed by atoms with E-state index in [0.29, 0.717) is 11.4 Å². The lowest BCUT2D eigenvalue weighted by Gasteiger charge is -2.30. The molecule has 0 aromatic heterocycles. The zero-order valence-corrected chi connectivity index (χ0v) is 19.7. The fourth-order valence-electron chi connectivity index (χ4n) is 4.14. The van der Waals surface area contributed by atoms with Crippen LogP contribution in [0.4, 0.5) is 4.39 Å². The molecule has 2 aromatic rings. The average molecular weight is 470 g/mol. The minimum absolute atomic E-state index is 0.130. The van der Waals surface area contributed by atoms with Crippen molar-refractivity contribution in [1.29, 1.82) is 0 Å². The maximum atomic E-state index is 13.7. The molecule has 0 fully saturated rings. The average Bonchev–Trinajstić information content (AvgIpc) is 2.82. The number of hydrogen-bond acceptors (Lipinski definition) is 4. The molecule has 0 amide bonds. The second-order valence-electron chi connectivity index (χ2n) is 8.22. The van der Waals surface area contributed by atoms with E-state index in [2.05, 4.69) is 24.8 Å². The molecule has 0 saturated carbocycles. The number of rotatable bonds is 9. The van der Waals surface area contributed by atoms with E-state index in [1.54, 1.807) is 6.07 Å². The number of halogens is 2. The van der Waals surface area contributed by atoms with Gasteiger partial charge in [-0.15, -0.1) is 0 Å². The second-order valence-corrected chi connectivity index (χ2v) is 8.66. The number of fused-ring (bicyclic) bond motifs is 1. The summed E-state index contributed by atoms with van der Waals surface area (Å²) in [7, 11) is 0. The number of benzene rings is 2. The third-order valence-corrected chi connectivity index (χ3v) is 6.17. The third kappa shape index (κ3) is 6.12. The van der Waals surface area contributed by atoms with Gasteiger partial charge in [0.15, 0.2) is 5.76 Å². The highest BCUT2D eigenvalue weighted by molar-refractivity contribution is 6.30. The molecule has 2 atom stereocenters. The van der Waals surface area contributed by atoms with Crippen molar-refractivity contribution in [3.05, 3.63) is 106 Å². The minimum atomic E-state index is -0.324. The molecular formula is C27H29ClFNO3. The molecule has 0 saturated heterocycles. The molecule has 2 aliphatic rings. The van der Waals surface area contributed by atoms with Crippen molar-refractivity contribution in [3.63, 3.8) is 0 Å². The molecule has 33 heavy (non-hydrogen) atoms. The molecule has 6 heteroatoms. The Labute approximate surface area is 199 Å². The first-order chi connectivity index (χ1) is 16.1. The van der Waals surface area contributed by atoms with E-state index in [-0.39, 0.29) is 24.6 Å². The van der Waals surface area contributed by atoms with Gasteiger partial charge in [0.25, 0.3) is 0 Å². The molecule has 2 aromatic carbocycles. The number of ether oxygens (including phenoxy) is 1. The van der Waals surface area contributed by atoms with Crippen LogP contribution in [0.25, 0.3) is 0 Å². The summed E-state index contributed by atoms with van der Waals surface area (Å²) in [6.45, 7) is 7.25. The van der Waals surface area contributed by atoms with Crippen molar-refractivity contribution in [3.8, 4) is 0 Å². The first kappa shape index (κ1) is 23.7. The monoisotopic (exact) mass is 469 g/mol. The molecule has 174 valence electrons. The predicted octanol–water partition coefficient (Wildman–Crippen LogP) is 6.55. The zero-order valence-electron chi connectivity index (χ0n) is 19.0. The van der Waals surface area contributed by atoms with Crippen molar-refractivity contribution in [2.45, 2.75) is 39.1 Å². The van der Waals surface area contributed by atoms with E-state index in [1.165, 1.54) is 12.1 Å². The quantitative estimate of drug-likeness (QED) is 0.390. The largest absolute Gasteiger partial charge is 0.364 e. The van der Waals surface area contributed by atoms with E-state index < -0.39 is 0 Å². The summed E-state index contributed by atoms with van der Waals surface area (Å²) in [5.74, 6) is 0.452. The summed E-state index contributed by atoms with van der Waals surface area (Å²) in [6.07, 6.45) is 6.29. The summed E-state index contributed by atoms with van der Waals surface area (Å²) < 4.78 is 20.0. The van der Waals surface area contributed by atoms with Gasteiger partial charge in [0.05, 0.1) is 6.61 Å². The van der Waals surface area contributed by atoms with Crippen LogP contribution in [0, 0.1) is 5.82 Å². The van der Waals surface area contributed by atoms with Gasteiger partial charge in [-0.3, -0.25) is 0 Å². The minimum Gasteiger partial charge on any atom is -0.364 e. The lowest BCUT2D eigenvalue weighted by atomic mass is 9.90. The number of likely N-dealkylation sites (N-methyl/N-ethyl adjacent to an activating group) is 1. The van der Waals surface area contributed by atoms with Crippen LogP contribution >= 0.6 is 11.6 Å². The van der Waals surface area contributed by atoms with Gasteiger partial charge >= 0.3 is 0 Å². The maximum Gasteiger partial charge on any atom is 0.168 e. The van der Waals surface area contributed by atoms with Gasteiger partial charge in [0.2, 0.25) is 0 Å².